The van der Waals surface area contributed by atoms with Gasteiger partial charge < -0.3 is 10.6 Å². The van der Waals surface area contributed by atoms with Crippen LogP contribution in [0, 0.1) is 5.92 Å². The van der Waals surface area contributed by atoms with Crippen LogP contribution < -0.4 is 10.6 Å². The quantitative estimate of drug-likeness (QED) is 0.900. The number of benzene rings is 1. The largest absolute Gasteiger partial charge is 0.351 e. The second-order valence-electron chi connectivity index (χ2n) is 6.04. The second kappa shape index (κ2) is 7.09. The molecule has 1 fully saturated rings. The SMILES string of the molecule is CC1CCNCC1NC(=O)C(C)(C)c1ccccc1.Cl. The normalized spacial score (nSPS) is 22.8. The average Bonchev–Trinajstić information content (AvgIpc) is 2.42. The summed E-state index contributed by atoms with van der Waals surface area (Å²) in [4.78, 5) is 12.5. The van der Waals surface area contributed by atoms with Crippen LogP contribution in [0.2, 0.25) is 0 Å². The third kappa shape index (κ3) is 3.74. The average molecular weight is 297 g/mol. The van der Waals surface area contributed by atoms with Gasteiger partial charge >= 0.3 is 0 Å². The first-order valence-corrected chi connectivity index (χ1v) is 7.09. The van der Waals surface area contributed by atoms with Gasteiger partial charge in [-0.15, -0.1) is 12.4 Å². The van der Waals surface area contributed by atoms with E-state index in [9.17, 15) is 4.79 Å². The summed E-state index contributed by atoms with van der Waals surface area (Å²) >= 11 is 0. The van der Waals surface area contributed by atoms with E-state index in [0.717, 1.165) is 25.1 Å². The molecule has 20 heavy (non-hydrogen) atoms. The fraction of sp³-hybridized carbons (Fsp3) is 0.562. The molecule has 1 aromatic rings. The van der Waals surface area contributed by atoms with Gasteiger partial charge in [-0.3, -0.25) is 4.79 Å². The Bertz CT molecular complexity index is 433. The van der Waals surface area contributed by atoms with Crippen LogP contribution in [-0.4, -0.2) is 25.0 Å². The van der Waals surface area contributed by atoms with E-state index in [2.05, 4.69) is 17.6 Å². The zero-order chi connectivity index (χ0) is 13.9. The van der Waals surface area contributed by atoms with Crippen molar-refractivity contribution in [3.05, 3.63) is 35.9 Å². The Morgan fingerprint density at radius 1 is 1.30 bits per heavy atom. The minimum Gasteiger partial charge on any atom is -0.351 e. The molecule has 2 rings (SSSR count). The summed E-state index contributed by atoms with van der Waals surface area (Å²) in [5.41, 5.74) is 0.572. The van der Waals surface area contributed by atoms with Crippen LogP contribution in [0.15, 0.2) is 30.3 Å². The van der Waals surface area contributed by atoms with Crippen LogP contribution in [0.4, 0.5) is 0 Å². The topological polar surface area (TPSA) is 41.1 Å². The molecule has 1 saturated heterocycles. The Kier molecular flexibility index (Phi) is 6.03. The number of nitrogens with one attached hydrogen (secondary N) is 2. The van der Waals surface area contributed by atoms with Crippen molar-refractivity contribution in [3.8, 4) is 0 Å². The number of amides is 1. The standard InChI is InChI=1S/C16H24N2O.ClH/c1-12-9-10-17-11-14(12)18-15(19)16(2,3)13-7-5-4-6-8-13;/h4-8,12,14,17H,9-11H2,1-3H3,(H,18,19);1H. The molecule has 1 aliphatic heterocycles. The van der Waals surface area contributed by atoms with E-state index < -0.39 is 5.41 Å². The lowest BCUT2D eigenvalue weighted by Gasteiger charge is -2.33. The zero-order valence-corrected chi connectivity index (χ0v) is 13.3. The number of hydrogen-bond acceptors (Lipinski definition) is 2. The van der Waals surface area contributed by atoms with Crippen molar-refractivity contribution < 1.29 is 4.79 Å². The van der Waals surface area contributed by atoms with Crippen LogP contribution >= 0.6 is 12.4 Å². The molecule has 4 heteroatoms. The summed E-state index contributed by atoms with van der Waals surface area (Å²) < 4.78 is 0. The Balaban J connectivity index is 0.00000200. The molecule has 112 valence electrons. The highest BCUT2D eigenvalue weighted by atomic mass is 35.5. The van der Waals surface area contributed by atoms with Crippen molar-refractivity contribution in [2.45, 2.75) is 38.6 Å². The molecule has 0 aliphatic carbocycles. The van der Waals surface area contributed by atoms with Gasteiger partial charge in [0.2, 0.25) is 5.91 Å². The Labute approximate surface area is 127 Å². The van der Waals surface area contributed by atoms with Crippen molar-refractivity contribution in [3.63, 3.8) is 0 Å². The highest BCUT2D eigenvalue weighted by molar-refractivity contribution is 5.87. The molecule has 2 atom stereocenters. The summed E-state index contributed by atoms with van der Waals surface area (Å²) in [5.74, 6) is 0.649. The van der Waals surface area contributed by atoms with Gasteiger partial charge in [0.25, 0.3) is 0 Å². The van der Waals surface area contributed by atoms with Gasteiger partial charge in [0.1, 0.15) is 0 Å². The number of piperidine rings is 1. The van der Waals surface area contributed by atoms with Gasteiger partial charge in [0.05, 0.1) is 5.41 Å². The summed E-state index contributed by atoms with van der Waals surface area (Å²) in [7, 11) is 0. The lowest BCUT2D eigenvalue weighted by Crippen LogP contribution is -2.54. The molecular formula is C16H25ClN2O. The highest BCUT2D eigenvalue weighted by Gasteiger charge is 2.32. The monoisotopic (exact) mass is 296 g/mol. The molecule has 2 N–H and O–H groups in total. The molecule has 0 aromatic heterocycles. The predicted octanol–water partition coefficient (Wildman–Crippen LogP) is 2.50. The number of halogens is 1. The Hall–Kier alpha value is -1.06. The number of carbonyl (C=O) groups is 1. The summed E-state index contributed by atoms with van der Waals surface area (Å²) in [5, 5.41) is 6.55. The van der Waals surface area contributed by atoms with Gasteiger partial charge in [0.15, 0.2) is 0 Å². The molecule has 0 saturated carbocycles. The zero-order valence-electron chi connectivity index (χ0n) is 12.5. The molecule has 3 nitrogen and oxygen atoms in total. The fourth-order valence-electron chi connectivity index (χ4n) is 2.52. The third-order valence-electron chi connectivity index (χ3n) is 4.21. The molecule has 0 spiro atoms. The second-order valence-corrected chi connectivity index (χ2v) is 6.04. The predicted molar refractivity (Wildman–Crippen MR) is 85.3 cm³/mol. The van der Waals surface area contributed by atoms with E-state index in [1.807, 2.05) is 44.2 Å². The first-order chi connectivity index (χ1) is 9.01. The lowest BCUT2D eigenvalue weighted by molar-refractivity contribution is -0.126. The van der Waals surface area contributed by atoms with Gasteiger partial charge in [-0.05, 0) is 38.3 Å². The molecule has 1 aromatic carbocycles. The van der Waals surface area contributed by atoms with E-state index in [1.165, 1.54) is 0 Å². The Morgan fingerprint density at radius 3 is 2.55 bits per heavy atom. The first-order valence-electron chi connectivity index (χ1n) is 7.09. The van der Waals surface area contributed by atoms with Crippen molar-refractivity contribution >= 4 is 18.3 Å². The van der Waals surface area contributed by atoms with Gasteiger partial charge in [-0.25, -0.2) is 0 Å². The lowest BCUT2D eigenvalue weighted by atomic mass is 9.83. The summed E-state index contributed by atoms with van der Waals surface area (Å²) in [6.07, 6.45) is 1.12. The van der Waals surface area contributed by atoms with E-state index in [1.54, 1.807) is 0 Å². The molecular weight excluding hydrogens is 272 g/mol. The number of carbonyl (C=O) groups excluding carboxylic acids is 1. The number of hydrogen-bond donors (Lipinski definition) is 2. The first kappa shape index (κ1) is 17.0. The smallest absolute Gasteiger partial charge is 0.230 e. The van der Waals surface area contributed by atoms with Gasteiger partial charge in [-0.1, -0.05) is 37.3 Å². The van der Waals surface area contributed by atoms with Gasteiger partial charge in [0, 0.05) is 12.6 Å². The molecule has 0 radical (unpaired) electrons. The van der Waals surface area contributed by atoms with E-state index in [-0.39, 0.29) is 24.4 Å². The Morgan fingerprint density at radius 2 is 1.95 bits per heavy atom. The highest BCUT2D eigenvalue weighted by Crippen LogP contribution is 2.24. The van der Waals surface area contributed by atoms with Crippen LogP contribution in [-0.2, 0) is 10.2 Å². The van der Waals surface area contributed by atoms with Crippen molar-refractivity contribution in [1.29, 1.82) is 0 Å². The maximum absolute atomic E-state index is 12.5. The molecule has 1 amide bonds. The van der Waals surface area contributed by atoms with Crippen molar-refractivity contribution in [2.75, 3.05) is 13.1 Å². The van der Waals surface area contributed by atoms with E-state index in [4.69, 9.17) is 0 Å². The maximum Gasteiger partial charge on any atom is 0.230 e. The van der Waals surface area contributed by atoms with Crippen LogP contribution in [0.3, 0.4) is 0 Å². The van der Waals surface area contributed by atoms with Crippen molar-refractivity contribution in [2.24, 2.45) is 5.92 Å². The molecule has 1 heterocycles. The van der Waals surface area contributed by atoms with Gasteiger partial charge in [-0.2, -0.15) is 0 Å². The molecule has 2 unspecified atom stereocenters. The fourth-order valence-corrected chi connectivity index (χ4v) is 2.52. The van der Waals surface area contributed by atoms with Crippen LogP contribution in [0.5, 0.6) is 0 Å². The summed E-state index contributed by atoms with van der Waals surface area (Å²) in [6.45, 7) is 8.10. The third-order valence-corrected chi connectivity index (χ3v) is 4.21. The van der Waals surface area contributed by atoms with Crippen LogP contribution in [0.25, 0.3) is 0 Å². The van der Waals surface area contributed by atoms with E-state index >= 15 is 0 Å². The number of rotatable bonds is 3. The molecule has 0 bridgehead atoms. The maximum atomic E-state index is 12.5. The minimum atomic E-state index is -0.488. The van der Waals surface area contributed by atoms with E-state index in [0.29, 0.717) is 5.92 Å². The van der Waals surface area contributed by atoms with Crippen molar-refractivity contribution in [1.82, 2.24) is 10.6 Å². The summed E-state index contributed by atoms with van der Waals surface area (Å²) in [6, 6.07) is 10.2. The minimum absolute atomic E-state index is 0. The molecule has 1 aliphatic rings. The van der Waals surface area contributed by atoms with Crippen LogP contribution in [0.1, 0.15) is 32.8 Å².